The van der Waals surface area contributed by atoms with Crippen molar-refractivity contribution in [1.29, 1.82) is 0 Å². The summed E-state index contributed by atoms with van der Waals surface area (Å²) in [7, 11) is 0. The summed E-state index contributed by atoms with van der Waals surface area (Å²) in [4.78, 5) is 14.5. The number of nitrogens with zero attached hydrogens (tertiary/aromatic N) is 1. The van der Waals surface area contributed by atoms with Gasteiger partial charge >= 0.3 is 5.97 Å². The summed E-state index contributed by atoms with van der Waals surface area (Å²) in [6, 6.07) is 5.08. The summed E-state index contributed by atoms with van der Waals surface area (Å²) in [5.74, 6) is 0.0150. The highest BCUT2D eigenvalue weighted by atomic mass is 32.1. The zero-order valence-electron chi connectivity index (χ0n) is 11.0. The van der Waals surface area contributed by atoms with Crippen LogP contribution in [0, 0.1) is 5.92 Å². The van der Waals surface area contributed by atoms with Crippen molar-refractivity contribution in [3.8, 4) is 0 Å². The Hall–Kier alpha value is -0.870. The van der Waals surface area contributed by atoms with Crippen molar-refractivity contribution >= 4 is 17.3 Å². The SMILES string of the molecule is CC(C)N(CCC(=O)O)C(c1cccs1)C1CC1. The highest BCUT2D eigenvalue weighted by Gasteiger charge is 2.37. The normalized spacial score (nSPS) is 17.3. The second-order valence-electron chi connectivity index (χ2n) is 5.27. The van der Waals surface area contributed by atoms with E-state index in [0.717, 1.165) is 5.92 Å². The maximum Gasteiger partial charge on any atom is 0.304 e. The Morgan fingerprint density at radius 1 is 1.56 bits per heavy atom. The summed E-state index contributed by atoms with van der Waals surface area (Å²) in [5, 5.41) is 11.0. The number of carboxylic acids is 1. The first-order chi connectivity index (χ1) is 8.59. The molecule has 100 valence electrons. The Morgan fingerprint density at radius 3 is 2.72 bits per heavy atom. The van der Waals surface area contributed by atoms with Crippen LogP contribution < -0.4 is 0 Å². The predicted molar refractivity (Wildman–Crippen MR) is 73.9 cm³/mol. The van der Waals surface area contributed by atoms with Gasteiger partial charge in [-0.25, -0.2) is 0 Å². The molecule has 18 heavy (non-hydrogen) atoms. The van der Waals surface area contributed by atoms with Crippen molar-refractivity contribution in [2.75, 3.05) is 6.54 Å². The molecule has 0 radical (unpaired) electrons. The Kier molecular flexibility index (Phi) is 4.40. The van der Waals surface area contributed by atoms with Crippen LogP contribution in [0.5, 0.6) is 0 Å². The zero-order valence-corrected chi connectivity index (χ0v) is 11.8. The lowest BCUT2D eigenvalue weighted by molar-refractivity contribution is -0.137. The number of hydrogen-bond donors (Lipinski definition) is 1. The Bertz CT molecular complexity index is 385. The third kappa shape index (κ3) is 3.33. The first kappa shape index (κ1) is 13.6. The van der Waals surface area contributed by atoms with Crippen LogP contribution in [0.3, 0.4) is 0 Å². The smallest absolute Gasteiger partial charge is 0.304 e. The van der Waals surface area contributed by atoms with Crippen molar-refractivity contribution in [1.82, 2.24) is 4.90 Å². The van der Waals surface area contributed by atoms with Gasteiger partial charge in [0.15, 0.2) is 0 Å². The zero-order chi connectivity index (χ0) is 13.1. The average Bonchev–Trinajstić information content (AvgIpc) is 2.98. The first-order valence-corrected chi connectivity index (χ1v) is 7.48. The lowest BCUT2D eigenvalue weighted by Crippen LogP contribution is -2.37. The van der Waals surface area contributed by atoms with E-state index >= 15 is 0 Å². The van der Waals surface area contributed by atoms with Gasteiger partial charge in [-0.2, -0.15) is 0 Å². The molecule has 1 aliphatic carbocycles. The van der Waals surface area contributed by atoms with E-state index in [1.165, 1.54) is 17.7 Å². The molecule has 1 unspecified atom stereocenters. The van der Waals surface area contributed by atoms with Gasteiger partial charge < -0.3 is 5.11 Å². The number of carbonyl (C=O) groups is 1. The second-order valence-corrected chi connectivity index (χ2v) is 6.25. The van der Waals surface area contributed by atoms with E-state index in [1.807, 2.05) is 0 Å². The summed E-state index contributed by atoms with van der Waals surface area (Å²) >= 11 is 1.79. The fourth-order valence-corrected chi connectivity index (χ4v) is 3.42. The fraction of sp³-hybridized carbons (Fsp3) is 0.643. The van der Waals surface area contributed by atoms with Gasteiger partial charge in [0.1, 0.15) is 0 Å². The third-order valence-electron chi connectivity index (χ3n) is 3.51. The molecule has 1 saturated carbocycles. The molecule has 1 atom stereocenters. The molecule has 0 saturated heterocycles. The minimum atomic E-state index is -0.707. The number of thiophene rings is 1. The molecule has 1 N–H and O–H groups in total. The van der Waals surface area contributed by atoms with E-state index in [2.05, 4.69) is 36.3 Å². The van der Waals surface area contributed by atoms with Crippen molar-refractivity contribution in [2.24, 2.45) is 5.92 Å². The molecule has 3 nitrogen and oxygen atoms in total. The molecule has 1 fully saturated rings. The molecule has 1 aliphatic rings. The van der Waals surface area contributed by atoms with Gasteiger partial charge in [-0.15, -0.1) is 11.3 Å². The first-order valence-electron chi connectivity index (χ1n) is 6.60. The van der Waals surface area contributed by atoms with Crippen LogP contribution >= 0.6 is 11.3 Å². The quantitative estimate of drug-likeness (QED) is 0.823. The monoisotopic (exact) mass is 267 g/mol. The second kappa shape index (κ2) is 5.85. The molecule has 0 spiro atoms. The Morgan fingerprint density at radius 2 is 2.28 bits per heavy atom. The summed E-state index contributed by atoms with van der Waals surface area (Å²) in [6.07, 6.45) is 2.78. The van der Waals surface area contributed by atoms with Gasteiger partial charge in [-0.1, -0.05) is 6.07 Å². The van der Waals surface area contributed by atoms with E-state index < -0.39 is 5.97 Å². The number of carboxylic acid groups (broad SMARTS) is 1. The van der Waals surface area contributed by atoms with Gasteiger partial charge in [0.05, 0.1) is 6.42 Å². The van der Waals surface area contributed by atoms with Crippen LogP contribution in [0.1, 0.15) is 44.0 Å². The molecule has 0 bridgehead atoms. The Balaban J connectivity index is 2.12. The average molecular weight is 267 g/mol. The number of hydrogen-bond acceptors (Lipinski definition) is 3. The van der Waals surface area contributed by atoms with Crippen LogP contribution in [-0.2, 0) is 4.79 Å². The largest absolute Gasteiger partial charge is 0.481 e. The minimum Gasteiger partial charge on any atom is -0.481 e. The molecular weight excluding hydrogens is 246 g/mol. The molecule has 1 heterocycles. The van der Waals surface area contributed by atoms with Crippen LogP contribution in [0.2, 0.25) is 0 Å². The van der Waals surface area contributed by atoms with Crippen molar-refractivity contribution in [3.05, 3.63) is 22.4 Å². The molecule has 0 aromatic carbocycles. The maximum absolute atomic E-state index is 10.8. The van der Waals surface area contributed by atoms with E-state index in [0.29, 0.717) is 18.6 Å². The standard InChI is InChI=1S/C14H21NO2S/c1-10(2)15(8-7-13(16)17)14(11-5-6-11)12-4-3-9-18-12/h3-4,9-11,14H,5-8H2,1-2H3,(H,16,17). The van der Waals surface area contributed by atoms with E-state index in [1.54, 1.807) is 11.3 Å². The van der Waals surface area contributed by atoms with Gasteiger partial charge in [-0.05, 0) is 44.1 Å². The van der Waals surface area contributed by atoms with Gasteiger partial charge in [0.25, 0.3) is 0 Å². The molecule has 1 aromatic rings. The van der Waals surface area contributed by atoms with E-state index in [-0.39, 0.29) is 6.42 Å². The van der Waals surface area contributed by atoms with Crippen LogP contribution in [-0.4, -0.2) is 28.6 Å². The van der Waals surface area contributed by atoms with Gasteiger partial charge in [-0.3, -0.25) is 9.69 Å². The van der Waals surface area contributed by atoms with Crippen LogP contribution in [0.25, 0.3) is 0 Å². The van der Waals surface area contributed by atoms with Crippen molar-refractivity contribution in [3.63, 3.8) is 0 Å². The molecule has 4 heteroatoms. The molecule has 1 aromatic heterocycles. The number of aliphatic carboxylic acids is 1. The summed E-state index contributed by atoms with van der Waals surface area (Å²) in [5.41, 5.74) is 0. The van der Waals surface area contributed by atoms with Gasteiger partial charge in [0, 0.05) is 23.5 Å². The van der Waals surface area contributed by atoms with Crippen molar-refractivity contribution in [2.45, 2.75) is 45.2 Å². The maximum atomic E-state index is 10.8. The Labute approximate surface area is 112 Å². The highest BCUT2D eigenvalue weighted by molar-refractivity contribution is 7.10. The minimum absolute atomic E-state index is 0.229. The molecule has 0 amide bonds. The highest BCUT2D eigenvalue weighted by Crippen LogP contribution is 2.46. The third-order valence-corrected chi connectivity index (χ3v) is 4.45. The molecule has 0 aliphatic heterocycles. The van der Waals surface area contributed by atoms with E-state index in [9.17, 15) is 4.79 Å². The van der Waals surface area contributed by atoms with Crippen LogP contribution in [0.4, 0.5) is 0 Å². The lowest BCUT2D eigenvalue weighted by Gasteiger charge is -2.34. The molecule has 2 rings (SSSR count). The van der Waals surface area contributed by atoms with Crippen molar-refractivity contribution < 1.29 is 9.90 Å². The molecular formula is C14H21NO2S. The fourth-order valence-electron chi connectivity index (χ4n) is 2.48. The van der Waals surface area contributed by atoms with Crippen LogP contribution in [0.15, 0.2) is 17.5 Å². The lowest BCUT2D eigenvalue weighted by atomic mass is 10.1. The summed E-state index contributed by atoms with van der Waals surface area (Å²) in [6.45, 7) is 4.96. The number of rotatable bonds is 7. The topological polar surface area (TPSA) is 40.5 Å². The van der Waals surface area contributed by atoms with E-state index in [4.69, 9.17) is 5.11 Å². The summed E-state index contributed by atoms with van der Waals surface area (Å²) < 4.78 is 0. The van der Waals surface area contributed by atoms with Gasteiger partial charge in [0.2, 0.25) is 0 Å². The predicted octanol–water partition coefficient (Wildman–Crippen LogP) is 3.38.